The Morgan fingerprint density at radius 3 is 2.67 bits per heavy atom. The molecule has 6 heteroatoms. The largest absolute Gasteiger partial charge is 0.397 e. The molecule has 18 heavy (non-hydrogen) atoms. The van der Waals surface area contributed by atoms with Crippen molar-refractivity contribution in [3.05, 3.63) is 23.8 Å². The summed E-state index contributed by atoms with van der Waals surface area (Å²) >= 11 is 0. The second-order valence-corrected chi connectivity index (χ2v) is 4.33. The van der Waals surface area contributed by atoms with E-state index in [1.165, 1.54) is 0 Å². The molecule has 1 aromatic carbocycles. The van der Waals surface area contributed by atoms with Crippen LogP contribution in [0.15, 0.2) is 18.2 Å². The Morgan fingerprint density at radius 1 is 1.33 bits per heavy atom. The van der Waals surface area contributed by atoms with E-state index in [-0.39, 0.29) is 18.0 Å². The molecule has 6 nitrogen and oxygen atoms in total. The second-order valence-electron chi connectivity index (χ2n) is 4.33. The molecule has 1 fully saturated rings. The van der Waals surface area contributed by atoms with Crippen LogP contribution in [0.3, 0.4) is 0 Å². The van der Waals surface area contributed by atoms with Crippen LogP contribution in [0.1, 0.15) is 23.2 Å². The first-order valence-electron chi connectivity index (χ1n) is 5.79. The van der Waals surface area contributed by atoms with E-state index in [4.69, 9.17) is 11.5 Å². The lowest BCUT2D eigenvalue weighted by molar-refractivity contribution is -0.119. The van der Waals surface area contributed by atoms with Gasteiger partial charge >= 0.3 is 0 Å². The van der Waals surface area contributed by atoms with E-state index in [2.05, 4.69) is 10.6 Å². The third-order valence-corrected chi connectivity index (χ3v) is 2.73. The van der Waals surface area contributed by atoms with Gasteiger partial charge in [-0.3, -0.25) is 9.59 Å². The fourth-order valence-corrected chi connectivity index (χ4v) is 1.65. The van der Waals surface area contributed by atoms with Crippen LogP contribution in [0.2, 0.25) is 0 Å². The van der Waals surface area contributed by atoms with Crippen LogP contribution in [0.5, 0.6) is 0 Å². The van der Waals surface area contributed by atoms with Crippen molar-refractivity contribution in [3.8, 4) is 0 Å². The molecule has 0 spiro atoms. The number of amides is 2. The monoisotopic (exact) mass is 248 g/mol. The van der Waals surface area contributed by atoms with E-state index in [1.54, 1.807) is 18.2 Å². The van der Waals surface area contributed by atoms with Crippen molar-refractivity contribution < 1.29 is 9.59 Å². The van der Waals surface area contributed by atoms with Gasteiger partial charge in [0.15, 0.2) is 0 Å². The van der Waals surface area contributed by atoms with E-state index in [0.717, 1.165) is 12.8 Å². The number of rotatable bonds is 5. The summed E-state index contributed by atoms with van der Waals surface area (Å²) in [7, 11) is 0. The first kappa shape index (κ1) is 12.2. The van der Waals surface area contributed by atoms with E-state index in [0.29, 0.717) is 17.4 Å². The Kier molecular flexibility index (Phi) is 3.36. The minimum absolute atomic E-state index is 0.0744. The van der Waals surface area contributed by atoms with Gasteiger partial charge in [0.1, 0.15) is 0 Å². The van der Waals surface area contributed by atoms with Crippen molar-refractivity contribution in [2.45, 2.75) is 18.9 Å². The third-order valence-electron chi connectivity index (χ3n) is 2.73. The first-order chi connectivity index (χ1) is 8.58. The van der Waals surface area contributed by atoms with E-state index >= 15 is 0 Å². The van der Waals surface area contributed by atoms with Crippen LogP contribution in [-0.4, -0.2) is 24.4 Å². The van der Waals surface area contributed by atoms with Gasteiger partial charge in [0.2, 0.25) is 5.91 Å². The molecule has 1 aliphatic rings. The zero-order valence-electron chi connectivity index (χ0n) is 9.90. The van der Waals surface area contributed by atoms with E-state index in [9.17, 15) is 9.59 Å². The summed E-state index contributed by atoms with van der Waals surface area (Å²) in [5.41, 5.74) is 12.1. The van der Waals surface area contributed by atoms with E-state index in [1.807, 2.05) is 0 Å². The predicted molar refractivity (Wildman–Crippen MR) is 69.0 cm³/mol. The molecule has 1 saturated carbocycles. The van der Waals surface area contributed by atoms with Crippen LogP contribution >= 0.6 is 0 Å². The smallest absolute Gasteiger partial charge is 0.250 e. The van der Waals surface area contributed by atoms with Crippen molar-refractivity contribution >= 4 is 23.2 Å². The summed E-state index contributed by atoms with van der Waals surface area (Å²) in [6.45, 7) is 0.0744. The van der Waals surface area contributed by atoms with Crippen LogP contribution in [0.4, 0.5) is 11.4 Å². The summed E-state index contributed by atoms with van der Waals surface area (Å²) in [6, 6.07) is 5.17. The Labute approximate surface area is 105 Å². The number of nitrogens with one attached hydrogen (secondary N) is 2. The molecule has 1 aliphatic carbocycles. The highest BCUT2D eigenvalue weighted by Gasteiger charge is 2.23. The summed E-state index contributed by atoms with van der Waals surface area (Å²) < 4.78 is 0. The van der Waals surface area contributed by atoms with Crippen molar-refractivity contribution in [3.63, 3.8) is 0 Å². The van der Waals surface area contributed by atoms with Gasteiger partial charge in [-0.1, -0.05) is 6.07 Å². The summed E-state index contributed by atoms with van der Waals surface area (Å²) in [5, 5.41) is 5.69. The van der Waals surface area contributed by atoms with Crippen LogP contribution in [0.25, 0.3) is 0 Å². The molecule has 2 amide bonds. The maximum absolute atomic E-state index is 11.5. The van der Waals surface area contributed by atoms with Crippen LogP contribution in [-0.2, 0) is 4.79 Å². The first-order valence-corrected chi connectivity index (χ1v) is 5.79. The van der Waals surface area contributed by atoms with Gasteiger partial charge in [0, 0.05) is 6.04 Å². The Bertz CT molecular complexity index is 483. The summed E-state index contributed by atoms with van der Waals surface area (Å²) in [6.07, 6.45) is 2.07. The van der Waals surface area contributed by atoms with E-state index < -0.39 is 5.91 Å². The molecule has 6 N–H and O–H groups in total. The molecule has 96 valence electrons. The Balaban J connectivity index is 2.03. The number of hydrogen-bond acceptors (Lipinski definition) is 4. The average molecular weight is 248 g/mol. The van der Waals surface area contributed by atoms with Crippen molar-refractivity contribution in [1.82, 2.24) is 5.32 Å². The third kappa shape index (κ3) is 2.91. The molecule has 0 aromatic heterocycles. The molecule has 0 bridgehead atoms. The Morgan fingerprint density at radius 2 is 2.06 bits per heavy atom. The maximum atomic E-state index is 11.5. The molecular formula is C12H16N4O2. The molecule has 0 radical (unpaired) electrons. The van der Waals surface area contributed by atoms with Crippen molar-refractivity contribution in [2.24, 2.45) is 5.73 Å². The maximum Gasteiger partial charge on any atom is 0.250 e. The number of para-hydroxylation sites is 1. The number of carbonyl (C=O) groups excluding carboxylic acids is 2. The zero-order chi connectivity index (χ0) is 13.1. The number of nitrogens with two attached hydrogens (primary N) is 2. The van der Waals surface area contributed by atoms with Gasteiger partial charge in [-0.05, 0) is 25.0 Å². The van der Waals surface area contributed by atoms with Crippen molar-refractivity contribution in [1.29, 1.82) is 0 Å². The highest BCUT2D eigenvalue weighted by atomic mass is 16.2. The lowest BCUT2D eigenvalue weighted by Gasteiger charge is -2.12. The molecule has 2 rings (SSSR count). The van der Waals surface area contributed by atoms with Gasteiger partial charge in [-0.25, -0.2) is 0 Å². The molecule has 0 aliphatic heterocycles. The average Bonchev–Trinajstić information content (AvgIpc) is 3.10. The lowest BCUT2D eigenvalue weighted by Crippen LogP contribution is -2.32. The summed E-state index contributed by atoms with van der Waals surface area (Å²) in [5.74, 6) is -0.691. The molecule has 0 saturated heterocycles. The molecule has 0 heterocycles. The highest BCUT2D eigenvalue weighted by molar-refractivity contribution is 6.01. The van der Waals surface area contributed by atoms with Gasteiger partial charge in [0.25, 0.3) is 5.91 Å². The fraction of sp³-hybridized carbons (Fsp3) is 0.333. The zero-order valence-corrected chi connectivity index (χ0v) is 9.90. The normalized spacial score (nSPS) is 14.0. The SMILES string of the molecule is NC(=O)c1cccc(N)c1NCC(=O)NC1CC1. The number of carbonyl (C=O) groups is 2. The van der Waals surface area contributed by atoms with Crippen LogP contribution < -0.4 is 22.1 Å². The molecule has 1 aromatic rings. The highest BCUT2D eigenvalue weighted by Crippen LogP contribution is 2.23. The Hall–Kier alpha value is -2.24. The minimum Gasteiger partial charge on any atom is -0.397 e. The minimum atomic E-state index is -0.576. The molecule has 0 unspecified atom stereocenters. The number of benzene rings is 1. The van der Waals surface area contributed by atoms with Crippen molar-refractivity contribution in [2.75, 3.05) is 17.6 Å². The fourth-order valence-electron chi connectivity index (χ4n) is 1.65. The predicted octanol–water partition coefficient (Wildman–Crippen LogP) is 0.0582. The topological polar surface area (TPSA) is 110 Å². The van der Waals surface area contributed by atoms with Gasteiger partial charge in [0.05, 0.1) is 23.5 Å². The lowest BCUT2D eigenvalue weighted by atomic mass is 10.1. The number of hydrogen-bond donors (Lipinski definition) is 4. The standard InChI is InChI=1S/C12H16N4O2/c13-9-3-1-2-8(12(14)18)11(9)15-6-10(17)16-7-4-5-7/h1-3,7,15H,4-6,13H2,(H2,14,18)(H,16,17). The number of nitrogen functional groups attached to an aromatic ring is 1. The number of primary amides is 1. The summed E-state index contributed by atoms with van der Waals surface area (Å²) in [4.78, 5) is 22.8. The number of anilines is 2. The van der Waals surface area contributed by atoms with Gasteiger partial charge < -0.3 is 22.1 Å². The van der Waals surface area contributed by atoms with Crippen LogP contribution in [0, 0.1) is 0 Å². The quantitative estimate of drug-likeness (QED) is 0.552. The van der Waals surface area contributed by atoms with Gasteiger partial charge in [-0.15, -0.1) is 0 Å². The molecular weight excluding hydrogens is 232 g/mol. The molecule has 0 atom stereocenters. The second kappa shape index (κ2) is 4.95. The van der Waals surface area contributed by atoms with Gasteiger partial charge in [-0.2, -0.15) is 0 Å².